The third-order valence-electron chi connectivity index (χ3n) is 3.33. The van der Waals surface area contributed by atoms with E-state index in [1.807, 2.05) is 18.5 Å². The van der Waals surface area contributed by atoms with E-state index in [0.29, 0.717) is 22.3 Å². The molecule has 124 valence electrons. The van der Waals surface area contributed by atoms with Gasteiger partial charge in [-0.3, -0.25) is 4.68 Å². The molecule has 0 aliphatic carbocycles. The Bertz CT molecular complexity index is 718. The lowest BCUT2D eigenvalue weighted by molar-refractivity contribution is 0.251. The number of urea groups is 1. The van der Waals surface area contributed by atoms with Gasteiger partial charge in [0.05, 0.1) is 25.9 Å². The molecule has 1 heterocycles. The number of hydrogen-bond donors (Lipinski definition) is 2. The zero-order valence-corrected chi connectivity index (χ0v) is 15.9. The molecular weight excluding hydrogens is 403 g/mol. The van der Waals surface area contributed by atoms with Crippen LogP contribution in [0.1, 0.15) is 17.8 Å². The summed E-state index contributed by atoms with van der Waals surface area (Å²) in [5.41, 5.74) is 2.53. The highest BCUT2D eigenvalue weighted by atomic mass is 79.9. The molecule has 0 atom stereocenters. The predicted octanol–water partition coefficient (Wildman–Crippen LogP) is 4.78. The van der Waals surface area contributed by atoms with Crippen LogP contribution in [-0.2, 0) is 6.54 Å². The van der Waals surface area contributed by atoms with E-state index in [0.717, 1.165) is 28.8 Å². The highest BCUT2D eigenvalue weighted by Crippen LogP contribution is 2.29. The molecule has 2 amide bonds. The quantitative estimate of drug-likeness (QED) is 0.685. The Morgan fingerprint density at radius 1 is 1.35 bits per heavy atom. The van der Waals surface area contributed by atoms with Crippen molar-refractivity contribution in [1.82, 2.24) is 15.1 Å². The number of carbonyl (C=O) groups is 1. The van der Waals surface area contributed by atoms with Gasteiger partial charge in [-0.2, -0.15) is 5.10 Å². The second-order valence-corrected chi connectivity index (χ2v) is 6.62. The zero-order valence-electron chi connectivity index (χ0n) is 12.8. The number of nitrogens with one attached hydrogen (secondary N) is 2. The highest BCUT2D eigenvalue weighted by molar-refractivity contribution is 9.10. The second-order valence-electron chi connectivity index (χ2n) is 5.04. The lowest BCUT2D eigenvalue weighted by atomic mass is 10.3. The van der Waals surface area contributed by atoms with E-state index in [-0.39, 0.29) is 6.03 Å². The van der Waals surface area contributed by atoms with E-state index in [1.54, 1.807) is 18.2 Å². The van der Waals surface area contributed by atoms with Gasteiger partial charge in [-0.05, 0) is 48.3 Å². The minimum atomic E-state index is -0.316. The molecule has 0 aliphatic rings. The van der Waals surface area contributed by atoms with Gasteiger partial charge in [0.25, 0.3) is 0 Å². The lowest BCUT2D eigenvalue weighted by Gasteiger charge is -2.10. The van der Waals surface area contributed by atoms with Crippen molar-refractivity contribution in [3.05, 3.63) is 44.1 Å². The summed E-state index contributed by atoms with van der Waals surface area (Å²) in [6, 6.07) is 4.77. The molecule has 0 bridgehead atoms. The average molecular weight is 420 g/mol. The molecule has 0 unspecified atom stereocenters. The smallest absolute Gasteiger partial charge is 0.319 e. The second kappa shape index (κ2) is 8.04. The Labute approximate surface area is 153 Å². The first kappa shape index (κ1) is 18.1. The first-order valence-electron chi connectivity index (χ1n) is 7.08. The van der Waals surface area contributed by atoms with Gasteiger partial charge >= 0.3 is 6.03 Å². The number of halogens is 3. The first-order valence-corrected chi connectivity index (χ1v) is 8.63. The molecule has 0 aliphatic heterocycles. The van der Waals surface area contributed by atoms with Crippen molar-refractivity contribution >= 4 is 50.9 Å². The van der Waals surface area contributed by atoms with Crippen LogP contribution in [0.3, 0.4) is 0 Å². The summed E-state index contributed by atoms with van der Waals surface area (Å²) in [6.45, 7) is 5.22. The minimum absolute atomic E-state index is 0.316. The van der Waals surface area contributed by atoms with Crippen LogP contribution < -0.4 is 10.6 Å². The number of aromatic nitrogens is 2. The van der Waals surface area contributed by atoms with E-state index in [1.165, 1.54) is 0 Å². The first-order chi connectivity index (χ1) is 10.9. The summed E-state index contributed by atoms with van der Waals surface area (Å²) < 4.78 is 2.95. The van der Waals surface area contributed by atoms with E-state index in [9.17, 15) is 4.79 Å². The Morgan fingerprint density at radius 2 is 2.09 bits per heavy atom. The summed E-state index contributed by atoms with van der Waals surface area (Å²) in [4.78, 5) is 11.9. The van der Waals surface area contributed by atoms with Crippen molar-refractivity contribution in [3.63, 3.8) is 0 Å². The maximum atomic E-state index is 11.9. The number of rotatable bonds is 5. The van der Waals surface area contributed by atoms with Gasteiger partial charge in [0.2, 0.25) is 0 Å². The van der Waals surface area contributed by atoms with Crippen molar-refractivity contribution < 1.29 is 4.79 Å². The zero-order chi connectivity index (χ0) is 17.0. The van der Waals surface area contributed by atoms with E-state index >= 15 is 0 Å². The molecule has 8 heteroatoms. The number of anilines is 1. The predicted molar refractivity (Wildman–Crippen MR) is 97.5 cm³/mol. The van der Waals surface area contributed by atoms with E-state index < -0.39 is 0 Å². The van der Waals surface area contributed by atoms with Gasteiger partial charge in [0.15, 0.2) is 0 Å². The SMILES string of the molecule is Cc1nn(CCCNC(=O)Nc2cccc(Cl)c2Cl)c(C)c1Br. The molecule has 1 aromatic carbocycles. The van der Waals surface area contributed by atoms with Gasteiger partial charge < -0.3 is 10.6 Å². The van der Waals surface area contributed by atoms with Gasteiger partial charge in [-0.25, -0.2) is 4.79 Å². The molecule has 0 saturated carbocycles. The van der Waals surface area contributed by atoms with Crippen LogP contribution in [0, 0.1) is 13.8 Å². The normalized spacial score (nSPS) is 10.7. The molecule has 1 aromatic heterocycles. The van der Waals surface area contributed by atoms with Crippen molar-refractivity contribution in [1.29, 1.82) is 0 Å². The maximum Gasteiger partial charge on any atom is 0.319 e. The Balaban J connectivity index is 1.79. The monoisotopic (exact) mass is 418 g/mol. The molecule has 0 fully saturated rings. The lowest BCUT2D eigenvalue weighted by Crippen LogP contribution is -2.30. The number of nitrogens with zero attached hydrogens (tertiary/aromatic N) is 2. The van der Waals surface area contributed by atoms with Crippen LogP contribution in [0.25, 0.3) is 0 Å². The van der Waals surface area contributed by atoms with Crippen molar-refractivity contribution in [3.8, 4) is 0 Å². The van der Waals surface area contributed by atoms with Gasteiger partial charge in [0, 0.05) is 18.8 Å². The summed E-state index contributed by atoms with van der Waals surface area (Å²) in [5.74, 6) is 0. The summed E-state index contributed by atoms with van der Waals surface area (Å²) in [6.07, 6.45) is 0.769. The maximum absolute atomic E-state index is 11.9. The standard InChI is InChI=1S/C15H17BrCl2N4O/c1-9-13(16)10(2)22(21-9)8-4-7-19-15(23)20-12-6-3-5-11(17)14(12)18/h3,5-6H,4,7-8H2,1-2H3,(H2,19,20,23). The van der Waals surface area contributed by atoms with Crippen molar-refractivity contribution in [2.24, 2.45) is 0 Å². The van der Waals surface area contributed by atoms with Gasteiger partial charge in [-0.15, -0.1) is 0 Å². The molecule has 2 rings (SSSR count). The molecule has 0 radical (unpaired) electrons. The van der Waals surface area contributed by atoms with Crippen LogP contribution >= 0.6 is 39.1 Å². The topological polar surface area (TPSA) is 59.0 Å². The molecule has 23 heavy (non-hydrogen) atoms. The van der Waals surface area contributed by atoms with Crippen LogP contribution in [0.5, 0.6) is 0 Å². The fourth-order valence-electron chi connectivity index (χ4n) is 2.09. The highest BCUT2D eigenvalue weighted by Gasteiger charge is 2.09. The average Bonchev–Trinajstić information content (AvgIpc) is 2.76. The Kier molecular flexibility index (Phi) is 6.33. The molecule has 2 aromatic rings. The Morgan fingerprint density at radius 3 is 2.74 bits per heavy atom. The number of amides is 2. The Hall–Kier alpha value is -1.24. The fourth-order valence-corrected chi connectivity index (χ4v) is 2.72. The van der Waals surface area contributed by atoms with Gasteiger partial charge in [0.1, 0.15) is 0 Å². The number of hydrogen-bond acceptors (Lipinski definition) is 2. The van der Waals surface area contributed by atoms with Gasteiger partial charge in [-0.1, -0.05) is 29.3 Å². The van der Waals surface area contributed by atoms with Crippen LogP contribution in [-0.4, -0.2) is 22.4 Å². The van der Waals surface area contributed by atoms with Crippen LogP contribution in [0.4, 0.5) is 10.5 Å². The third-order valence-corrected chi connectivity index (χ3v) is 5.29. The number of carbonyl (C=O) groups excluding carboxylic acids is 1. The van der Waals surface area contributed by atoms with E-state index in [4.69, 9.17) is 23.2 Å². The van der Waals surface area contributed by atoms with E-state index in [2.05, 4.69) is 31.7 Å². The largest absolute Gasteiger partial charge is 0.338 e. The molecule has 0 spiro atoms. The van der Waals surface area contributed by atoms with Crippen molar-refractivity contribution in [2.45, 2.75) is 26.8 Å². The van der Waals surface area contributed by atoms with Crippen molar-refractivity contribution in [2.75, 3.05) is 11.9 Å². The molecule has 5 nitrogen and oxygen atoms in total. The molecule has 2 N–H and O–H groups in total. The fraction of sp³-hybridized carbons (Fsp3) is 0.333. The summed E-state index contributed by atoms with van der Waals surface area (Å²) in [5, 5.41) is 10.6. The number of benzene rings is 1. The third kappa shape index (κ3) is 4.62. The summed E-state index contributed by atoms with van der Waals surface area (Å²) in [7, 11) is 0. The minimum Gasteiger partial charge on any atom is -0.338 e. The molecular formula is C15H17BrCl2N4O. The van der Waals surface area contributed by atoms with Crippen LogP contribution in [0.15, 0.2) is 22.7 Å². The number of aryl methyl sites for hydroxylation is 2. The van der Waals surface area contributed by atoms with Crippen LogP contribution in [0.2, 0.25) is 10.0 Å². The summed E-state index contributed by atoms with van der Waals surface area (Å²) >= 11 is 15.4. The molecule has 0 saturated heterocycles.